The van der Waals surface area contributed by atoms with Crippen LogP contribution in [0.25, 0.3) is 0 Å². The van der Waals surface area contributed by atoms with Gasteiger partial charge in [-0.05, 0) is 12.0 Å². The van der Waals surface area contributed by atoms with Gasteiger partial charge in [0.15, 0.2) is 0 Å². The van der Waals surface area contributed by atoms with Crippen LogP contribution in [0.5, 0.6) is 0 Å². The molecule has 1 unspecified atom stereocenters. The summed E-state index contributed by atoms with van der Waals surface area (Å²) in [4.78, 5) is 0. The Bertz CT molecular complexity index is 575. The molecule has 1 atom stereocenters. The molecule has 1 N–H and O–H groups in total. The van der Waals surface area contributed by atoms with Crippen molar-refractivity contribution in [2.75, 3.05) is 0 Å². The van der Waals surface area contributed by atoms with E-state index in [4.69, 9.17) is 0 Å². The maximum atomic E-state index is 11.7. The summed E-state index contributed by atoms with van der Waals surface area (Å²) in [5.74, 6) is 0. The van der Waals surface area contributed by atoms with Crippen LogP contribution in [0.3, 0.4) is 0 Å². The van der Waals surface area contributed by atoms with Crippen molar-refractivity contribution in [3.8, 4) is 0 Å². The van der Waals surface area contributed by atoms with Crippen LogP contribution in [0.2, 0.25) is 0 Å². The van der Waals surface area contributed by atoms with Gasteiger partial charge in [-0.3, -0.25) is 4.55 Å². The molecule has 0 fully saturated rings. The van der Waals surface area contributed by atoms with Gasteiger partial charge in [0, 0.05) is 16.8 Å². The van der Waals surface area contributed by atoms with Gasteiger partial charge < -0.3 is 0 Å². The van der Waals surface area contributed by atoms with Crippen molar-refractivity contribution < 1.29 is 29.7 Å². The molecule has 29 heavy (non-hydrogen) atoms. The molecule has 1 radical (unpaired) electrons. The molecule has 0 spiro atoms. The zero-order valence-corrected chi connectivity index (χ0v) is 20.1. The molecule has 0 aliphatic heterocycles. The predicted molar refractivity (Wildman–Crippen MR) is 120 cm³/mol. The van der Waals surface area contributed by atoms with Gasteiger partial charge in [0.2, 0.25) is 0 Å². The van der Waals surface area contributed by atoms with Crippen molar-refractivity contribution in [3.05, 3.63) is 35.9 Å². The third-order valence-electron chi connectivity index (χ3n) is 5.60. The molecular formula is C24H42CoO3S. The van der Waals surface area contributed by atoms with Gasteiger partial charge in [0.05, 0.1) is 0 Å². The second kappa shape index (κ2) is 18.4. The monoisotopic (exact) mass is 469 g/mol. The van der Waals surface area contributed by atoms with Gasteiger partial charge in [-0.15, -0.1) is 0 Å². The van der Waals surface area contributed by atoms with Crippen molar-refractivity contribution in [1.29, 1.82) is 0 Å². The largest absolute Gasteiger partial charge is 0.285 e. The van der Waals surface area contributed by atoms with Gasteiger partial charge in [-0.25, -0.2) is 0 Å². The zero-order valence-electron chi connectivity index (χ0n) is 18.3. The van der Waals surface area contributed by atoms with E-state index >= 15 is 0 Å². The van der Waals surface area contributed by atoms with E-state index < -0.39 is 15.4 Å². The van der Waals surface area contributed by atoms with Crippen molar-refractivity contribution in [3.63, 3.8) is 0 Å². The first-order chi connectivity index (χ1) is 13.6. The SMILES string of the molecule is CCCCCCCCCCCCCCCCCC(c1ccccc1)S(=O)(=O)O.[Co]. The first kappa shape index (κ1) is 28.6. The van der Waals surface area contributed by atoms with Crippen LogP contribution in [-0.4, -0.2) is 13.0 Å². The van der Waals surface area contributed by atoms with E-state index in [1.54, 1.807) is 12.1 Å². The van der Waals surface area contributed by atoms with E-state index in [1.165, 1.54) is 77.0 Å². The van der Waals surface area contributed by atoms with E-state index in [-0.39, 0.29) is 16.8 Å². The van der Waals surface area contributed by atoms with Crippen LogP contribution in [0.4, 0.5) is 0 Å². The van der Waals surface area contributed by atoms with E-state index in [2.05, 4.69) is 6.92 Å². The van der Waals surface area contributed by atoms with E-state index in [9.17, 15) is 13.0 Å². The van der Waals surface area contributed by atoms with Crippen molar-refractivity contribution in [2.24, 2.45) is 0 Å². The van der Waals surface area contributed by atoms with Gasteiger partial charge in [-0.1, -0.05) is 134 Å². The fraction of sp³-hybridized carbons (Fsp3) is 0.750. The molecule has 1 aromatic rings. The van der Waals surface area contributed by atoms with Crippen LogP contribution in [0, 0.1) is 0 Å². The third-order valence-corrected chi connectivity index (χ3v) is 6.83. The van der Waals surface area contributed by atoms with Gasteiger partial charge in [0.1, 0.15) is 5.25 Å². The van der Waals surface area contributed by atoms with Gasteiger partial charge >= 0.3 is 0 Å². The third kappa shape index (κ3) is 15.1. The average Bonchev–Trinajstić information content (AvgIpc) is 2.67. The molecule has 0 aromatic heterocycles. The summed E-state index contributed by atoms with van der Waals surface area (Å²) < 4.78 is 32.9. The molecule has 0 aliphatic rings. The van der Waals surface area contributed by atoms with Crippen LogP contribution in [0.15, 0.2) is 30.3 Å². The molecule has 0 saturated heterocycles. The normalized spacial score (nSPS) is 12.5. The number of rotatable bonds is 18. The van der Waals surface area contributed by atoms with Gasteiger partial charge in [0.25, 0.3) is 10.1 Å². The number of hydrogen-bond acceptors (Lipinski definition) is 2. The van der Waals surface area contributed by atoms with Crippen molar-refractivity contribution in [2.45, 2.75) is 115 Å². The molecule has 5 heteroatoms. The molecule has 0 heterocycles. The standard InChI is InChI=1S/C24H42O3S.Co/c1-2-3-4-5-6-7-8-9-10-11-12-13-14-15-19-22-24(28(25,26)27)23-20-17-16-18-21-23;/h16-18,20-21,24H,2-15,19,22H2,1H3,(H,25,26,27);. The second-order valence-corrected chi connectivity index (χ2v) is 9.75. The Hall–Kier alpha value is -0.364. The summed E-state index contributed by atoms with van der Waals surface area (Å²) in [6.07, 6.45) is 19.9. The van der Waals surface area contributed by atoms with Crippen LogP contribution in [0.1, 0.15) is 120 Å². The minimum absolute atomic E-state index is 0. The molecule has 3 nitrogen and oxygen atoms in total. The predicted octanol–water partition coefficient (Wildman–Crippen LogP) is 7.87. The Morgan fingerprint density at radius 1 is 0.690 bits per heavy atom. The van der Waals surface area contributed by atoms with E-state index in [0.717, 1.165) is 19.3 Å². The zero-order chi connectivity index (χ0) is 20.5. The maximum absolute atomic E-state index is 11.7. The Kier molecular flexibility index (Phi) is 18.2. The fourth-order valence-electron chi connectivity index (χ4n) is 3.86. The number of benzene rings is 1. The van der Waals surface area contributed by atoms with Crippen LogP contribution in [-0.2, 0) is 26.9 Å². The average molecular weight is 470 g/mol. The number of hydrogen-bond donors (Lipinski definition) is 1. The summed E-state index contributed by atoms with van der Waals surface area (Å²) >= 11 is 0. The Morgan fingerprint density at radius 2 is 1.07 bits per heavy atom. The van der Waals surface area contributed by atoms with Crippen molar-refractivity contribution >= 4 is 10.1 Å². The first-order valence-corrected chi connectivity index (χ1v) is 13.1. The fourth-order valence-corrected chi connectivity index (χ4v) is 4.82. The minimum Gasteiger partial charge on any atom is -0.285 e. The van der Waals surface area contributed by atoms with Crippen molar-refractivity contribution in [1.82, 2.24) is 0 Å². The smallest absolute Gasteiger partial charge is 0.271 e. The quantitative estimate of drug-likeness (QED) is 0.176. The molecular weight excluding hydrogens is 427 g/mol. The molecule has 0 amide bonds. The van der Waals surface area contributed by atoms with E-state index in [1.807, 2.05) is 18.2 Å². The molecule has 0 saturated carbocycles. The summed E-state index contributed by atoms with van der Waals surface area (Å²) in [7, 11) is -4.04. The maximum Gasteiger partial charge on any atom is 0.271 e. The van der Waals surface area contributed by atoms with Crippen LogP contribution < -0.4 is 0 Å². The summed E-state index contributed by atoms with van der Waals surface area (Å²) in [6, 6.07) is 9.06. The molecule has 1 aromatic carbocycles. The molecule has 0 aliphatic carbocycles. The minimum atomic E-state index is -4.04. The summed E-state index contributed by atoms with van der Waals surface area (Å²) in [6.45, 7) is 2.26. The summed E-state index contributed by atoms with van der Waals surface area (Å²) in [5, 5.41) is -0.782. The van der Waals surface area contributed by atoms with Crippen LogP contribution >= 0.6 is 0 Å². The topological polar surface area (TPSA) is 54.4 Å². The second-order valence-electron chi connectivity index (χ2n) is 8.15. The Morgan fingerprint density at radius 3 is 1.45 bits per heavy atom. The molecule has 171 valence electrons. The molecule has 0 bridgehead atoms. The first-order valence-electron chi connectivity index (χ1n) is 11.6. The Balaban J connectivity index is 0.00000784. The van der Waals surface area contributed by atoms with E-state index in [0.29, 0.717) is 12.0 Å². The number of unbranched alkanes of at least 4 members (excludes halogenated alkanes) is 14. The summed E-state index contributed by atoms with van der Waals surface area (Å²) in [5.41, 5.74) is 0.690. The Labute approximate surface area is 190 Å². The molecule has 1 rings (SSSR count). The van der Waals surface area contributed by atoms with Gasteiger partial charge in [-0.2, -0.15) is 8.42 Å².